The molecule has 1 aromatic carbocycles. The first-order valence-electron chi connectivity index (χ1n) is 6.21. The van der Waals surface area contributed by atoms with Crippen molar-refractivity contribution in [3.8, 4) is 0 Å². The van der Waals surface area contributed by atoms with Gasteiger partial charge in [0.15, 0.2) is 5.69 Å². The molecule has 0 fully saturated rings. The molecule has 0 bridgehead atoms. The van der Waals surface area contributed by atoms with Crippen molar-refractivity contribution >= 4 is 34.0 Å². The van der Waals surface area contributed by atoms with Gasteiger partial charge in [-0.2, -0.15) is 0 Å². The number of rotatable bonds is 2. The van der Waals surface area contributed by atoms with E-state index in [0.29, 0.717) is 5.69 Å². The smallest absolute Gasteiger partial charge is 0.348 e. The minimum absolute atomic E-state index is 0.650. The molecule has 1 aliphatic rings. The number of aromatic nitrogens is 1. The number of hydrogen-bond donors (Lipinski definition) is 0. The van der Waals surface area contributed by atoms with Gasteiger partial charge in [-0.05, 0) is 36.0 Å². The van der Waals surface area contributed by atoms with E-state index < -0.39 is 0 Å². The van der Waals surface area contributed by atoms with Crippen molar-refractivity contribution in [2.24, 2.45) is 4.99 Å². The van der Waals surface area contributed by atoms with Gasteiger partial charge in [0.2, 0.25) is 0 Å². The summed E-state index contributed by atoms with van der Waals surface area (Å²) in [5.74, 6) is 0. The van der Waals surface area contributed by atoms with Gasteiger partial charge in [0.25, 0.3) is 0 Å². The second-order valence-electron chi connectivity index (χ2n) is 4.42. The van der Waals surface area contributed by atoms with Gasteiger partial charge in [-0.25, -0.2) is 4.85 Å². The van der Waals surface area contributed by atoms with E-state index >= 15 is 0 Å². The number of aliphatic imine (C=N–C) groups is 1. The van der Waals surface area contributed by atoms with E-state index in [2.05, 4.69) is 19.5 Å². The van der Waals surface area contributed by atoms with Crippen LogP contribution in [0.15, 0.2) is 65.4 Å². The normalized spacial score (nSPS) is 15.3. The molecule has 0 N–H and O–H groups in total. The molecule has 0 saturated carbocycles. The van der Waals surface area contributed by atoms with Crippen molar-refractivity contribution in [3.63, 3.8) is 0 Å². The van der Waals surface area contributed by atoms with Crippen LogP contribution in [0.4, 0.5) is 5.69 Å². The summed E-state index contributed by atoms with van der Waals surface area (Å²) < 4.78 is 2.10. The molecule has 0 amide bonds. The quantitative estimate of drug-likeness (QED) is 0.592. The third kappa shape index (κ3) is 2.26. The van der Waals surface area contributed by atoms with Crippen molar-refractivity contribution in [3.05, 3.63) is 83.1 Å². The van der Waals surface area contributed by atoms with Crippen molar-refractivity contribution < 1.29 is 0 Å². The van der Waals surface area contributed by atoms with Crippen molar-refractivity contribution in [1.29, 1.82) is 0 Å². The van der Waals surface area contributed by atoms with Crippen LogP contribution < -0.4 is 0 Å². The minimum Gasteiger partial charge on any atom is -0.451 e. The highest BCUT2D eigenvalue weighted by Gasteiger charge is 2.13. The largest absolute Gasteiger partial charge is 0.451 e. The lowest BCUT2D eigenvalue weighted by atomic mass is 10.0. The zero-order valence-electron chi connectivity index (χ0n) is 10.8. The molecule has 1 radical (unpaired) electrons. The molecule has 0 aliphatic carbocycles. The highest BCUT2D eigenvalue weighted by atomic mass is 27.1. The first-order valence-corrected chi connectivity index (χ1v) is 6.84. The van der Waals surface area contributed by atoms with E-state index in [4.69, 9.17) is 6.57 Å². The highest BCUT2D eigenvalue weighted by molar-refractivity contribution is 6.08. The number of hydrogen-bond acceptors (Lipinski definition) is 1. The van der Waals surface area contributed by atoms with Gasteiger partial charge in [-0.1, -0.05) is 24.3 Å². The van der Waals surface area contributed by atoms with Crippen molar-refractivity contribution in [2.45, 2.75) is 0 Å². The third-order valence-corrected chi connectivity index (χ3v) is 3.73. The molecule has 0 saturated heterocycles. The lowest BCUT2D eigenvalue weighted by molar-refractivity contribution is 1.21. The zero-order chi connectivity index (χ0) is 13.9. The van der Waals surface area contributed by atoms with Crippen molar-refractivity contribution in [1.82, 2.24) is 3.55 Å². The Balaban J connectivity index is 2.19. The van der Waals surface area contributed by atoms with E-state index in [9.17, 15) is 0 Å². The van der Waals surface area contributed by atoms with E-state index in [1.807, 2.05) is 48.7 Å². The Kier molecular flexibility index (Phi) is 3.39. The third-order valence-electron chi connectivity index (χ3n) is 3.18. The van der Waals surface area contributed by atoms with Gasteiger partial charge in [-0.3, -0.25) is 4.99 Å². The average molecular weight is 272 g/mol. The molecule has 1 aliphatic heterocycles. The van der Waals surface area contributed by atoms with Crippen LogP contribution in [0, 0.1) is 6.57 Å². The molecular formula is C16H11AlN3. The molecule has 2 aromatic rings. The molecule has 0 unspecified atom stereocenters. The Morgan fingerprint density at radius 2 is 2.00 bits per heavy atom. The van der Waals surface area contributed by atoms with Crippen LogP contribution in [0.3, 0.4) is 0 Å². The van der Waals surface area contributed by atoms with Gasteiger partial charge < -0.3 is 3.55 Å². The van der Waals surface area contributed by atoms with Crippen LogP contribution in [0.2, 0.25) is 0 Å². The molecule has 4 heteroatoms. The summed E-state index contributed by atoms with van der Waals surface area (Å²) in [6, 6.07) is 11.8. The van der Waals surface area contributed by atoms with Gasteiger partial charge >= 0.3 is 16.5 Å². The van der Waals surface area contributed by atoms with Crippen LogP contribution in [0.1, 0.15) is 11.3 Å². The second kappa shape index (κ2) is 5.35. The minimum atomic E-state index is 0.650. The van der Waals surface area contributed by atoms with E-state index in [1.54, 1.807) is 22.7 Å². The first-order chi connectivity index (χ1) is 9.79. The number of nitrogens with zero attached hydrogens (tertiary/aromatic N) is 3. The van der Waals surface area contributed by atoms with Crippen LogP contribution in [0.5, 0.6) is 0 Å². The predicted molar refractivity (Wildman–Crippen MR) is 83.3 cm³/mol. The molecule has 20 heavy (non-hydrogen) atoms. The SMILES string of the molecule is [C-]#[N+]c1ccc(C(=C2C=CC=N2)c2ccc[n]2[AlH])cc1. The molecule has 3 rings (SSSR count). The molecule has 2 heterocycles. The standard InChI is InChI=1S/C16H10N3.Al.H/c1-17-13-8-6-12(7-9-13)16(14-4-2-10-18-14)15-5-3-11-19-15;;/h2-11H;;/q-1;+1;. The Bertz CT molecular complexity index is 757. The second-order valence-corrected chi connectivity index (χ2v) is 5.10. The van der Waals surface area contributed by atoms with Crippen LogP contribution in [0.25, 0.3) is 10.4 Å². The first kappa shape index (κ1) is 12.7. The van der Waals surface area contributed by atoms with Gasteiger partial charge in [-0.15, -0.1) is 0 Å². The molecule has 1 aromatic heterocycles. The van der Waals surface area contributed by atoms with Crippen LogP contribution in [-0.4, -0.2) is 26.3 Å². The Morgan fingerprint density at radius 1 is 1.20 bits per heavy atom. The summed E-state index contributed by atoms with van der Waals surface area (Å²) in [5, 5.41) is 0. The summed E-state index contributed by atoms with van der Waals surface area (Å²) >= 11 is 1.80. The molecule has 3 nitrogen and oxygen atoms in total. The Morgan fingerprint density at radius 3 is 2.55 bits per heavy atom. The molecular weight excluding hydrogens is 261 g/mol. The summed E-state index contributed by atoms with van der Waals surface area (Å²) in [6.45, 7) is 7.04. The maximum absolute atomic E-state index is 7.04. The van der Waals surface area contributed by atoms with Crippen LogP contribution in [-0.2, 0) is 0 Å². The Hall–Kier alpha value is -2.33. The van der Waals surface area contributed by atoms with Crippen molar-refractivity contribution in [2.75, 3.05) is 0 Å². The van der Waals surface area contributed by atoms with Gasteiger partial charge in [0, 0.05) is 17.5 Å². The fraction of sp³-hybridized carbons (Fsp3) is 0. The number of benzene rings is 1. The summed E-state index contributed by atoms with van der Waals surface area (Å²) in [5.41, 5.74) is 4.89. The summed E-state index contributed by atoms with van der Waals surface area (Å²) in [4.78, 5) is 7.86. The predicted octanol–water partition coefficient (Wildman–Crippen LogP) is 3.10. The molecule has 0 spiro atoms. The lowest BCUT2D eigenvalue weighted by Crippen LogP contribution is -1.99. The maximum atomic E-state index is 7.04. The van der Waals surface area contributed by atoms with E-state index in [1.165, 1.54) is 0 Å². The lowest BCUT2D eigenvalue weighted by Gasteiger charge is -2.12. The average Bonchev–Trinajstić information content (AvgIpc) is 3.13. The highest BCUT2D eigenvalue weighted by Crippen LogP contribution is 2.30. The Labute approximate surface area is 126 Å². The van der Waals surface area contributed by atoms with E-state index in [0.717, 1.165) is 22.5 Å². The number of allylic oxidation sites excluding steroid dienone is 2. The maximum Gasteiger partial charge on any atom is 0.348 e. The van der Waals surface area contributed by atoms with Gasteiger partial charge in [0.05, 0.1) is 12.3 Å². The monoisotopic (exact) mass is 272 g/mol. The fourth-order valence-corrected chi connectivity index (χ4v) is 2.60. The van der Waals surface area contributed by atoms with Crippen LogP contribution >= 0.6 is 0 Å². The fourth-order valence-electron chi connectivity index (χ4n) is 2.22. The molecule has 93 valence electrons. The summed E-state index contributed by atoms with van der Waals surface area (Å²) in [7, 11) is 0. The molecule has 0 atom stereocenters. The summed E-state index contributed by atoms with van der Waals surface area (Å²) in [6.07, 6.45) is 7.78. The van der Waals surface area contributed by atoms with E-state index in [-0.39, 0.29) is 0 Å². The zero-order valence-corrected chi connectivity index (χ0v) is 12.2. The van der Waals surface area contributed by atoms with Gasteiger partial charge in [0.1, 0.15) is 0 Å². The topological polar surface area (TPSA) is 21.6 Å².